The monoisotopic (exact) mass is 546 g/mol. The average molecular weight is 546 g/mol. The van der Waals surface area contributed by atoms with Gasteiger partial charge < -0.3 is 9.80 Å². The van der Waals surface area contributed by atoms with Crippen molar-refractivity contribution in [2.75, 3.05) is 16.8 Å². The Labute approximate surface area is 180 Å². The molecule has 4 bridgehead atoms. The fourth-order valence-corrected chi connectivity index (χ4v) is 6.29. The number of benzene rings is 2. The van der Waals surface area contributed by atoms with Crippen LogP contribution in [0.4, 0.5) is 22.7 Å². The van der Waals surface area contributed by atoms with Crippen LogP contribution in [0.25, 0.3) is 4.85 Å². The minimum absolute atomic E-state index is 0. The van der Waals surface area contributed by atoms with Gasteiger partial charge in [-0.1, -0.05) is 0 Å². The van der Waals surface area contributed by atoms with Crippen LogP contribution in [-0.4, -0.2) is 7.05 Å². The van der Waals surface area contributed by atoms with E-state index in [-0.39, 0.29) is 20.1 Å². The zero-order valence-corrected chi connectivity index (χ0v) is 18.4. The van der Waals surface area contributed by atoms with Gasteiger partial charge in [-0.05, 0) is 86.1 Å². The maximum Gasteiger partial charge on any atom is 0.0899 e. The maximum absolute atomic E-state index is 7.32. The summed E-state index contributed by atoms with van der Waals surface area (Å²) in [5, 5.41) is 0. The van der Waals surface area contributed by atoms with Crippen LogP contribution in [-0.2, 0) is 20.1 Å². The van der Waals surface area contributed by atoms with Gasteiger partial charge in [0.15, 0.2) is 0 Å². The summed E-state index contributed by atoms with van der Waals surface area (Å²) in [6.45, 7) is 9.46. The average Bonchev–Trinajstić information content (AvgIpc) is 2.92. The molecule has 28 heavy (non-hydrogen) atoms. The van der Waals surface area contributed by atoms with Gasteiger partial charge in [0.1, 0.15) is 0 Å². The van der Waals surface area contributed by atoms with Crippen molar-refractivity contribution in [1.29, 1.82) is 0 Å². The molecule has 0 aromatic heterocycles. The minimum atomic E-state index is 0. The molecule has 5 aliphatic rings. The second-order valence-corrected chi connectivity index (χ2v) is 8.91. The normalized spacial score (nSPS) is 29.0. The largest absolute Gasteiger partial charge is 0.504 e. The van der Waals surface area contributed by atoms with Crippen molar-refractivity contribution >= 4 is 22.7 Å². The first-order valence-electron chi connectivity index (χ1n) is 10.1. The van der Waals surface area contributed by atoms with Gasteiger partial charge >= 0.3 is 0 Å². The van der Waals surface area contributed by atoms with Gasteiger partial charge in [0.2, 0.25) is 0 Å². The van der Waals surface area contributed by atoms with E-state index < -0.39 is 0 Å². The van der Waals surface area contributed by atoms with Crippen molar-refractivity contribution in [1.82, 2.24) is 0 Å². The van der Waals surface area contributed by atoms with Crippen molar-refractivity contribution in [3.8, 4) is 0 Å². The standard InChI is InChI=1S/C24H23N3.Ir/c1-25-19-4-3-5-20(11-19)27-14-26(2)23-12-21-17-7-15-6-16(8-17)10-18(9-15)22(21)13-24(23)27;/h3-4,11-18H,6-10H2,2H3;/q-2;. The third-order valence-corrected chi connectivity index (χ3v) is 7.28. The smallest absolute Gasteiger partial charge is 0.0899 e. The molecule has 0 spiro atoms. The quantitative estimate of drug-likeness (QED) is 0.399. The first-order valence-corrected chi connectivity index (χ1v) is 10.1. The number of nitrogens with zero attached hydrogens (tertiary/aromatic N) is 3. The fourth-order valence-electron chi connectivity index (χ4n) is 6.29. The van der Waals surface area contributed by atoms with Crippen LogP contribution >= 0.6 is 0 Å². The Bertz CT molecular complexity index is 964. The zero-order valence-electron chi connectivity index (χ0n) is 16.0. The summed E-state index contributed by atoms with van der Waals surface area (Å²) < 4.78 is 0. The predicted molar refractivity (Wildman–Crippen MR) is 108 cm³/mol. The van der Waals surface area contributed by atoms with Crippen molar-refractivity contribution in [2.24, 2.45) is 11.8 Å². The molecule has 4 heteroatoms. The van der Waals surface area contributed by atoms with Crippen molar-refractivity contribution in [2.45, 2.75) is 43.9 Å². The topological polar surface area (TPSA) is 10.8 Å². The number of fused-ring (bicyclic) bond motifs is 1. The molecule has 145 valence electrons. The predicted octanol–water partition coefficient (Wildman–Crippen LogP) is 6.13. The molecular weight excluding hydrogens is 523 g/mol. The molecular formula is C24H23IrN3-2. The van der Waals surface area contributed by atoms with Gasteiger partial charge in [0, 0.05) is 31.5 Å². The third kappa shape index (κ3) is 2.64. The summed E-state index contributed by atoms with van der Waals surface area (Å²) in [4.78, 5) is 8.03. The van der Waals surface area contributed by atoms with E-state index in [1.165, 1.54) is 43.5 Å². The number of rotatable bonds is 1. The molecule has 2 saturated carbocycles. The Morgan fingerprint density at radius 2 is 1.64 bits per heavy atom. The van der Waals surface area contributed by atoms with Gasteiger partial charge in [-0.15, -0.1) is 11.8 Å². The number of anilines is 3. The van der Waals surface area contributed by atoms with E-state index in [1.807, 2.05) is 18.2 Å². The molecule has 2 aromatic rings. The van der Waals surface area contributed by atoms with Crippen molar-refractivity contribution < 1.29 is 20.1 Å². The van der Waals surface area contributed by atoms with E-state index in [1.54, 1.807) is 11.1 Å². The van der Waals surface area contributed by atoms with Gasteiger partial charge in [0.05, 0.1) is 12.3 Å². The second kappa shape index (κ2) is 6.61. The Hall–Kier alpha value is -1.82. The molecule has 1 radical (unpaired) electrons. The summed E-state index contributed by atoms with van der Waals surface area (Å²) >= 11 is 0. The Kier molecular flexibility index (Phi) is 4.30. The van der Waals surface area contributed by atoms with Crippen LogP contribution in [0.5, 0.6) is 0 Å². The second-order valence-electron chi connectivity index (χ2n) is 8.91. The van der Waals surface area contributed by atoms with E-state index >= 15 is 0 Å². The van der Waals surface area contributed by atoms with Crippen molar-refractivity contribution in [3.05, 3.63) is 65.6 Å². The first-order chi connectivity index (χ1) is 13.2. The van der Waals surface area contributed by atoms with Gasteiger partial charge in [-0.3, -0.25) is 4.85 Å². The summed E-state index contributed by atoms with van der Waals surface area (Å²) in [6.07, 6.45) is 7.04. The summed E-state index contributed by atoms with van der Waals surface area (Å²) in [6, 6.07) is 13.9. The maximum atomic E-state index is 7.32. The van der Waals surface area contributed by atoms with Crippen LogP contribution in [0.1, 0.15) is 55.1 Å². The molecule has 2 aromatic carbocycles. The van der Waals surface area contributed by atoms with Crippen molar-refractivity contribution in [3.63, 3.8) is 0 Å². The summed E-state index contributed by atoms with van der Waals surface area (Å²) in [5.74, 6) is 3.39. The van der Waals surface area contributed by atoms with Gasteiger partial charge in [-0.2, -0.15) is 24.9 Å². The molecule has 2 unspecified atom stereocenters. The molecule has 1 aliphatic heterocycles. The van der Waals surface area contributed by atoms with Crippen LogP contribution in [0.3, 0.4) is 0 Å². The van der Waals surface area contributed by atoms with Gasteiger partial charge in [0.25, 0.3) is 0 Å². The molecule has 0 N–H and O–H groups in total. The van der Waals surface area contributed by atoms with E-state index in [2.05, 4.69) is 46.6 Å². The fraction of sp³-hybridized carbons (Fsp3) is 0.417. The Morgan fingerprint density at radius 1 is 1.00 bits per heavy atom. The van der Waals surface area contributed by atoms with Crippen LogP contribution in [0.2, 0.25) is 0 Å². The number of hydrogen-bond acceptors (Lipinski definition) is 2. The van der Waals surface area contributed by atoms with Crippen LogP contribution < -0.4 is 9.80 Å². The summed E-state index contributed by atoms with van der Waals surface area (Å²) in [5.41, 5.74) is 7.39. The SMILES string of the molecule is [C-]#[N+]c1cc[c-]c(N2[CH-]N(C)c3cc4c(cc32)C2CC3CC(CC4C3)C2)c1.[Ir]. The molecule has 1 heterocycles. The molecule has 7 rings (SSSR count). The first kappa shape index (κ1) is 18.2. The molecule has 4 aliphatic carbocycles. The van der Waals surface area contributed by atoms with E-state index in [0.717, 1.165) is 29.4 Å². The van der Waals surface area contributed by atoms with E-state index in [4.69, 9.17) is 6.57 Å². The van der Waals surface area contributed by atoms with E-state index in [0.29, 0.717) is 5.69 Å². The van der Waals surface area contributed by atoms with Crippen LogP contribution in [0, 0.1) is 31.1 Å². The molecule has 0 amide bonds. The molecule has 0 saturated heterocycles. The van der Waals surface area contributed by atoms with Crippen LogP contribution in [0.15, 0.2) is 30.3 Å². The van der Waals surface area contributed by atoms with Gasteiger partial charge in [-0.25, -0.2) is 0 Å². The van der Waals surface area contributed by atoms with E-state index in [9.17, 15) is 0 Å². The third-order valence-electron chi connectivity index (χ3n) is 7.28. The molecule has 2 atom stereocenters. The zero-order chi connectivity index (χ0) is 18.1. The minimum Gasteiger partial charge on any atom is -0.504 e. The summed E-state index contributed by atoms with van der Waals surface area (Å²) in [7, 11) is 2.13. The number of hydrogen-bond donors (Lipinski definition) is 0. The molecule has 3 nitrogen and oxygen atoms in total. The molecule has 2 fully saturated rings. The Morgan fingerprint density at radius 3 is 2.29 bits per heavy atom. The Balaban J connectivity index is 0.00000171.